The maximum atomic E-state index is 6.43. The zero-order chi connectivity index (χ0) is 14.7. The Morgan fingerprint density at radius 2 is 2.14 bits per heavy atom. The Kier molecular flexibility index (Phi) is 4.42. The normalized spacial score (nSPS) is 14.2. The molecule has 3 rings (SSSR count). The smallest absolute Gasteiger partial charge is 0.0642 e. The molecule has 1 fully saturated rings. The molecule has 4 heteroatoms. The molecular weight excluding hydrogens is 282 g/mol. The molecular formula is C17H20ClN3. The highest BCUT2D eigenvalue weighted by atomic mass is 35.5. The van der Waals surface area contributed by atoms with E-state index >= 15 is 0 Å². The molecule has 2 aromatic rings. The summed E-state index contributed by atoms with van der Waals surface area (Å²) in [5.74, 6) is 0. The number of anilines is 1. The zero-order valence-corrected chi connectivity index (χ0v) is 13.0. The second-order valence-electron chi connectivity index (χ2n) is 5.62. The lowest BCUT2D eigenvalue weighted by molar-refractivity contribution is 0.688. The fourth-order valence-corrected chi connectivity index (χ4v) is 2.69. The molecule has 0 atom stereocenters. The fourth-order valence-electron chi connectivity index (χ4n) is 2.34. The standard InChI is InChI=1S/C17H20ClN3/c1-21(12-15-4-2-3-9-19-15)17-8-5-13(10-16(17)18)11-20-14-6-7-14/h2-5,8-10,14,20H,6-7,11-12H2,1H3. The second-order valence-corrected chi connectivity index (χ2v) is 6.03. The van der Waals surface area contributed by atoms with Crippen molar-refractivity contribution in [1.82, 2.24) is 10.3 Å². The van der Waals surface area contributed by atoms with Crippen LogP contribution in [-0.4, -0.2) is 18.1 Å². The quantitative estimate of drug-likeness (QED) is 0.883. The summed E-state index contributed by atoms with van der Waals surface area (Å²) in [5.41, 5.74) is 3.31. The summed E-state index contributed by atoms with van der Waals surface area (Å²) in [6.45, 7) is 1.65. The highest BCUT2D eigenvalue weighted by Crippen LogP contribution is 2.27. The molecule has 1 aromatic heterocycles. The first kappa shape index (κ1) is 14.4. The Bertz CT molecular complexity index is 596. The molecule has 21 heavy (non-hydrogen) atoms. The predicted octanol–water partition coefficient (Wildman–Crippen LogP) is 3.62. The Hall–Kier alpha value is -1.58. The van der Waals surface area contributed by atoms with E-state index in [2.05, 4.69) is 33.4 Å². The molecule has 0 aliphatic heterocycles. The maximum Gasteiger partial charge on any atom is 0.0642 e. The highest BCUT2D eigenvalue weighted by Gasteiger charge is 2.20. The van der Waals surface area contributed by atoms with Crippen molar-refractivity contribution in [3.63, 3.8) is 0 Å². The Labute approximate surface area is 131 Å². The molecule has 0 bridgehead atoms. The van der Waals surface area contributed by atoms with Gasteiger partial charge in [-0.2, -0.15) is 0 Å². The van der Waals surface area contributed by atoms with E-state index in [4.69, 9.17) is 11.6 Å². The van der Waals surface area contributed by atoms with Crippen molar-refractivity contribution < 1.29 is 0 Å². The highest BCUT2D eigenvalue weighted by molar-refractivity contribution is 6.33. The lowest BCUT2D eigenvalue weighted by Gasteiger charge is -2.20. The number of nitrogens with zero attached hydrogens (tertiary/aromatic N) is 2. The van der Waals surface area contributed by atoms with Crippen molar-refractivity contribution >= 4 is 17.3 Å². The van der Waals surface area contributed by atoms with E-state index in [9.17, 15) is 0 Å². The lowest BCUT2D eigenvalue weighted by Crippen LogP contribution is -2.18. The van der Waals surface area contributed by atoms with Crippen LogP contribution in [0.15, 0.2) is 42.6 Å². The summed E-state index contributed by atoms with van der Waals surface area (Å²) in [4.78, 5) is 6.48. The topological polar surface area (TPSA) is 28.2 Å². The van der Waals surface area contributed by atoms with E-state index in [0.29, 0.717) is 0 Å². The molecule has 1 saturated carbocycles. The number of rotatable bonds is 6. The molecule has 0 unspecified atom stereocenters. The monoisotopic (exact) mass is 301 g/mol. The molecule has 0 radical (unpaired) electrons. The van der Waals surface area contributed by atoms with E-state index in [1.54, 1.807) is 0 Å². The van der Waals surface area contributed by atoms with E-state index in [1.165, 1.54) is 18.4 Å². The van der Waals surface area contributed by atoms with Crippen LogP contribution in [0.4, 0.5) is 5.69 Å². The summed E-state index contributed by atoms with van der Waals surface area (Å²) >= 11 is 6.43. The SMILES string of the molecule is CN(Cc1ccccn1)c1ccc(CNC2CC2)cc1Cl. The third-order valence-corrected chi connectivity index (χ3v) is 4.02. The van der Waals surface area contributed by atoms with Crippen LogP contribution in [0.25, 0.3) is 0 Å². The number of nitrogens with one attached hydrogen (secondary N) is 1. The largest absolute Gasteiger partial charge is 0.367 e. The van der Waals surface area contributed by atoms with Crippen molar-refractivity contribution in [1.29, 1.82) is 0 Å². The Morgan fingerprint density at radius 1 is 1.29 bits per heavy atom. The average Bonchev–Trinajstić information content (AvgIpc) is 3.30. The van der Waals surface area contributed by atoms with E-state index in [1.807, 2.05) is 31.4 Å². The van der Waals surface area contributed by atoms with Crippen LogP contribution >= 0.6 is 11.6 Å². The Balaban J connectivity index is 1.66. The number of pyridine rings is 1. The minimum atomic E-state index is 0.718. The van der Waals surface area contributed by atoms with Crippen molar-refractivity contribution in [3.8, 4) is 0 Å². The average molecular weight is 302 g/mol. The molecule has 1 heterocycles. The molecule has 1 N–H and O–H groups in total. The summed E-state index contributed by atoms with van der Waals surface area (Å²) < 4.78 is 0. The van der Waals surface area contributed by atoms with Gasteiger partial charge in [-0.1, -0.05) is 23.7 Å². The number of hydrogen-bond donors (Lipinski definition) is 1. The van der Waals surface area contributed by atoms with Gasteiger partial charge in [0.15, 0.2) is 0 Å². The van der Waals surface area contributed by atoms with Crippen molar-refractivity contribution in [3.05, 3.63) is 58.9 Å². The van der Waals surface area contributed by atoms with E-state index in [0.717, 1.165) is 35.5 Å². The van der Waals surface area contributed by atoms with Crippen LogP contribution in [0.2, 0.25) is 5.02 Å². The van der Waals surface area contributed by atoms with Gasteiger partial charge < -0.3 is 10.2 Å². The maximum absolute atomic E-state index is 6.43. The zero-order valence-electron chi connectivity index (χ0n) is 12.2. The van der Waals surface area contributed by atoms with E-state index < -0.39 is 0 Å². The first-order chi connectivity index (χ1) is 10.2. The summed E-state index contributed by atoms with van der Waals surface area (Å²) in [6, 6.07) is 13.0. The molecule has 0 spiro atoms. The third-order valence-electron chi connectivity index (χ3n) is 3.72. The minimum absolute atomic E-state index is 0.718. The number of benzene rings is 1. The first-order valence-corrected chi connectivity index (χ1v) is 7.73. The van der Waals surface area contributed by atoms with Crippen LogP contribution < -0.4 is 10.2 Å². The van der Waals surface area contributed by atoms with Gasteiger partial charge in [-0.05, 0) is 42.7 Å². The fraction of sp³-hybridized carbons (Fsp3) is 0.353. The van der Waals surface area contributed by atoms with Gasteiger partial charge in [-0.3, -0.25) is 4.98 Å². The first-order valence-electron chi connectivity index (χ1n) is 7.35. The van der Waals surface area contributed by atoms with Gasteiger partial charge in [-0.25, -0.2) is 0 Å². The minimum Gasteiger partial charge on any atom is -0.367 e. The molecule has 1 aliphatic rings. The van der Waals surface area contributed by atoms with Gasteiger partial charge in [0.2, 0.25) is 0 Å². The van der Waals surface area contributed by atoms with Crippen LogP contribution in [0, 0.1) is 0 Å². The van der Waals surface area contributed by atoms with Crippen molar-refractivity contribution in [2.45, 2.75) is 32.0 Å². The van der Waals surface area contributed by atoms with E-state index in [-0.39, 0.29) is 0 Å². The molecule has 0 amide bonds. The second kappa shape index (κ2) is 6.46. The van der Waals surface area contributed by atoms with Gasteiger partial charge in [0.1, 0.15) is 0 Å². The van der Waals surface area contributed by atoms with Gasteiger partial charge in [0, 0.05) is 25.8 Å². The molecule has 0 saturated heterocycles. The molecule has 110 valence electrons. The van der Waals surface area contributed by atoms with Crippen molar-refractivity contribution in [2.75, 3.05) is 11.9 Å². The van der Waals surface area contributed by atoms with Gasteiger partial charge in [0.05, 0.1) is 22.9 Å². The summed E-state index contributed by atoms with van der Waals surface area (Å²) in [5, 5.41) is 4.30. The van der Waals surface area contributed by atoms with Crippen LogP contribution in [0.5, 0.6) is 0 Å². The predicted molar refractivity (Wildman–Crippen MR) is 87.7 cm³/mol. The number of halogens is 1. The van der Waals surface area contributed by atoms with Gasteiger partial charge >= 0.3 is 0 Å². The lowest BCUT2D eigenvalue weighted by atomic mass is 10.2. The molecule has 1 aromatic carbocycles. The van der Waals surface area contributed by atoms with Crippen LogP contribution in [-0.2, 0) is 13.1 Å². The van der Waals surface area contributed by atoms with Gasteiger partial charge in [-0.15, -0.1) is 0 Å². The summed E-state index contributed by atoms with van der Waals surface area (Å²) in [7, 11) is 2.04. The molecule has 1 aliphatic carbocycles. The number of aromatic nitrogens is 1. The third kappa shape index (κ3) is 3.96. The van der Waals surface area contributed by atoms with Crippen LogP contribution in [0.3, 0.4) is 0 Å². The number of hydrogen-bond acceptors (Lipinski definition) is 3. The summed E-state index contributed by atoms with van der Waals surface area (Å²) in [6.07, 6.45) is 4.43. The Morgan fingerprint density at radius 3 is 2.81 bits per heavy atom. The van der Waals surface area contributed by atoms with Crippen LogP contribution in [0.1, 0.15) is 24.1 Å². The molecule has 3 nitrogen and oxygen atoms in total. The van der Waals surface area contributed by atoms with Gasteiger partial charge in [0.25, 0.3) is 0 Å². The van der Waals surface area contributed by atoms with Crippen molar-refractivity contribution in [2.24, 2.45) is 0 Å².